The molecule has 1 amide bonds. The first-order chi connectivity index (χ1) is 13.2. The fraction of sp³-hybridized carbons (Fsp3) is 0.316. The van der Waals surface area contributed by atoms with E-state index in [1.807, 2.05) is 23.3 Å². The lowest BCUT2D eigenvalue weighted by Gasteiger charge is -2.32. The molecule has 27 heavy (non-hydrogen) atoms. The third-order valence-electron chi connectivity index (χ3n) is 4.52. The van der Waals surface area contributed by atoms with Crippen molar-refractivity contribution >= 4 is 28.2 Å². The smallest absolute Gasteiger partial charge is 0.255 e. The molecule has 1 aliphatic rings. The second kappa shape index (κ2) is 7.79. The van der Waals surface area contributed by atoms with Gasteiger partial charge in [-0.2, -0.15) is 0 Å². The maximum absolute atomic E-state index is 12.7. The van der Waals surface area contributed by atoms with Gasteiger partial charge < -0.3 is 10.2 Å². The van der Waals surface area contributed by atoms with Crippen molar-refractivity contribution in [3.05, 3.63) is 59.3 Å². The molecule has 1 N–H and O–H groups in total. The molecule has 8 heteroatoms. The molecule has 0 spiro atoms. The number of piperidine rings is 1. The van der Waals surface area contributed by atoms with Crippen LogP contribution in [0, 0.1) is 6.92 Å². The Balaban J connectivity index is 1.52. The number of amides is 1. The van der Waals surface area contributed by atoms with E-state index in [-0.39, 0.29) is 11.8 Å². The van der Waals surface area contributed by atoms with Gasteiger partial charge in [-0.15, -0.1) is 11.3 Å². The minimum atomic E-state index is 0.0154. The average Bonchev–Trinajstić information content (AvgIpc) is 3.21. The molecule has 0 radical (unpaired) electrons. The van der Waals surface area contributed by atoms with E-state index in [4.69, 9.17) is 4.98 Å². The lowest BCUT2D eigenvalue weighted by Crippen LogP contribution is -2.39. The third-order valence-corrected chi connectivity index (χ3v) is 5.21. The summed E-state index contributed by atoms with van der Waals surface area (Å²) in [5.41, 5.74) is 1.52. The number of thiazole rings is 1. The summed E-state index contributed by atoms with van der Waals surface area (Å²) >= 11 is 1.53. The zero-order valence-electron chi connectivity index (χ0n) is 15.0. The number of carbonyl (C=O) groups excluding carboxylic acids is 1. The Kier molecular flexibility index (Phi) is 5.06. The zero-order valence-corrected chi connectivity index (χ0v) is 15.8. The molecule has 0 bridgehead atoms. The zero-order chi connectivity index (χ0) is 18.6. The van der Waals surface area contributed by atoms with Crippen molar-refractivity contribution in [2.24, 2.45) is 0 Å². The van der Waals surface area contributed by atoms with Gasteiger partial charge in [0.2, 0.25) is 0 Å². The van der Waals surface area contributed by atoms with Crippen molar-refractivity contribution in [1.82, 2.24) is 24.8 Å². The van der Waals surface area contributed by atoms with Crippen molar-refractivity contribution in [2.75, 3.05) is 18.4 Å². The minimum absolute atomic E-state index is 0.0154. The van der Waals surface area contributed by atoms with E-state index in [1.54, 1.807) is 30.7 Å². The number of nitrogens with zero attached hydrogens (tertiary/aromatic N) is 5. The first-order valence-corrected chi connectivity index (χ1v) is 9.78. The summed E-state index contributed by atoms with van der Waals surface area (Å²) in [6, 6.07) is 5.50. The van der Waals surface area contributed by atoms with E-state index >= 15 is 0 Å². The van der Waals surface area contributed by atoms with Crippen molar-refractivity contribution in [1.29, 1.82) is 0 Å². The summed E-state index contributed by atoms with van der Waals surface area (Å²) in [7, 11) is 0. The number of aromatic nitrogens is 4. The number of hydrogen-bond acceptors (Lipinski definition) is 7. The number of rotatable bonds is 4. The highest BCUT2D eigenvalue weighted by atomic mass is 32.1. The van der Waals surface area contributed by atoms with Crippen LogP contribution in [0.1, 0.15) is 40.6 Å². The van der Waals surface area contributed by atoms with Crippen LogP contribution < -0.4 is 5.32 Å². The molecular weight excluding hydrogens is 360 g/mol. The molecule has 1 aliphatic heterocycles. The van der Waals surface area contributed by atoms with E-state index in [0.29, 0.717) is 12.1 Å². The molecule has 4 heterocycles. The van der Waals surface area contributed by atoms with Gasteiger partial charge in [0.15, 0.2) is 5.13 Å². The Hall–Kier alpha value is -2.87. The van der Waals surface area contributed by atoms with Crippen LogP contribution in [0.4, 0.5) is 10.9 Å². The highest BCUT2D eigenvalue weighted by Crippen LogP contribution is 2.27. The standard InChI is InChI=1S/C19H20N6OS/c1-13-10-16(24-19-21-7-9-27-19)23-17(22-13)15-5-3-8-25(12-15)18(26)14-4-2-6-20-11-14/h2,4,6-7,9-11,15H,3,5,8,12H2,1H3,(H,21,22,23,24). The maximum atomic E-state index is 12.7. The summed E-state index contributed by atoms with van der Waals surface area (Å²) in [6.07, 6.45) is 6.95. The average molecular weight is 380 g/mol. The van der Waals surface area contributed by atoms with Crippen LogP contribution in [0.2, 0.25) is 0 Å². The van der Waals surface area contributed by atoms with Crippen LogP contribution in [0.3, 0.4) is 0 Å². The summed E-state index contributed by atoms with van der Waals surface area (Å²) < 4.78 is 0. The molecule has 7 nitrogen and oxygen atoms in total. The van der Waals surface area contributed by atoms with Crippen LogP contribution in [0.25, 0.3) is 0 Å². The van der Waals surface area contributed by atoms with Crippen molar-refractivity contribution in [2.45, 2.75) is 25.7 Å². The largest absolute Gasteiger partial charge is 0.338 e. The Morgan fingerprint density at radius 1 is 1.33 bits per heavy atom. The van der Waals surface area contributed by atoms with Gasteiger partial charge in [-0.3, -0.25) is 9.78 Å². The summed E-state index contributed by atoms with van der Waals surface area (Å²) in [6.45, 7) is 3.33. The van der Waals surface area contributed by atoms with E-state index < -0.39 is 0 Å². The van der Waals surface area contributed by atoms with E-state index in [9.17, 15) is 4.79 Å². The lowest BCUT2D eigenvalue weighted by molar-refractivity contribution is 0.0704. The van der Waals surface area contributed by atoms with Crippen LogP contribution in [-0.4, -0.2) is 43.8 Å². The van der Waals surface area contributed by atoms with E-state index in [1.165, 1.54) is 11.3 Å². The van der Waals surface area contributed by atoms with Gasteiger partial charge in [0.1, 0.15) is 11.6 Å². The van der Waals surface area contributed by atoms with Gasteiger partial charge in [0.25, 0.3) is 5.91 Å². The number of pyridine rings is 1. The molecule has 138 valence electrons. The number of nitrogens with one attached hydrogen (secondary N) is 1. The summed E-state index contributed by atoms with van der Waals surface area (Å²) in [5, 5.41) is 5.95. The second-order valence-electron chi connectivity index (χ2n) is 6.55. The molecule has 0 aliphatic carbocycles. The molecular formula is C19H20N6OS. The fourth-order valence-electron chi connectivity index (χ4n) is 3.28. The number of anilines is 2. The topological polar surface area (TPSA) is 83.9 Å². The lowest BCUT2D eigenvalue weighted by atomic mass is 9.96. The number of carbonyl (C=O) groups is 1. The van der Waals surface area contributed by atoms with E-state index in [0.717, 1.165) is 41.9 Å². The van der Waals surface area contributed by atoms with Gasteiger partial charge in [0, 0.05) is 54.7 Å². The van der Waals surface area contributed by atoms with Crippen molar-refractivity contribution in [3.63, 3.8) is 0 Å². The summed E-state index contributed by atoms with van der Waals surface area (Å²) in [4.78, 5) is 32.2. The summed E-state index contributed by atoms with van der Waals surface area (Å²) in [5.74, 6) is 1.65. The van der Waals surface area contributed by atoms with Crippen molar-refractivity contribution < 1.29 is 4.79 Å². The van der Waals surface area contributed by atoms with Gasteiger partial charge in [0.05, 0.1) is 5.56 Å². The van der Waals surface area contributed by atoms with Crippen molar-refractivity contribution in [3.8, 4) is 0 Å². The first kappa shape index (κ1) is 17.5. The monoisotopic (exact) mass is 380 g/mol. The maximum Gasteiger partial charge on any atom is 0.255 e. The molecule has 1 fully saturated rings. The first-order valence-electron chi connectivity index (χ1n) is 8.90. The van der Waals surface area contributed by atoms with Gasteiger partial charge in [-0.25, -0.2) is 15.0 Å². The highest BCUT2D eigenvalue weighted by molar-refractivity contribution is 7.13. The number of hydrogen-bond donors (Lipinski definition) is 1. The van der Waals surface area contributed by atoms with Crippen LogP contribution in [0.5, 0.6) is 0 Å². The minimum Gasteiger partial charge on any atom is -0.338 e. The van der Waals surface area contributed by atoms with E-state index in [2.05, 4.69) is 20.3 Å². The van der Waals surface area contributed by atoms with Crippen LogP contribution in [-0.2, 0) is 0 Å². The normalized spacial score (nSPS) is 16.9. The Bertz CT molecular complexity index is 915. The van der Waals surface area contributed by atoms with Gasteiger partial charge in [-0.05, 0) is 31.9 Å². The molecule has 3 aromatic heterocycles. The molecule has 0 saturated carbocycles. The molecule has 0 aromatic carbocycles. The van der Waals surface area contributed by atoms with Crippen LogP contribution >= 0.6 is 11.3 Å². The van der Waals surface area contributed by atoms with Gasteiger partial charge >= 0.3 is 0 Å². The predicted molar refractivity (Wildman–Crippen MR) is 104 cm³/mol. The molecule has 1 saturated heterocycles. The third kappa shape index (κ3) is 4.11. The Morgan fingerprint density at radius 2 is 2.26 bits per heavy atom. The quantitative estimate of drug-likeness (QED) is 0.747. The molecule has 4 rings (SSSR count). The second-order valence-corrected chi connectivity index (χ2v) is 7.44. The fourth-order valence-corrected chi connectivity index (χ4v) is 3.81. The highest BCUT2D eigenvalue weighted by Gasteiger charge is 2.27. The number of likely N-dealkylation sites (tertiary alicyclic amines) is 1. The Morgan fingerprint density at radius 3 is 3.04 bits per heavy atom. The van der Waals surface area contributed by atoms with Gasteiger partial charge in [-0.1, -0.05) is 0 Å². The predicted octanol–water partition coefficient (Wildman–Crippen LogP) is 3.40. The van der Waals surface area contributed by atoms with Crippen LogP contribution in [0.15, 0.2) is 42.2 Å². The SMILES string of the molecule is Cc1cc(Nc2nccs2)nc(C2CCCN(C(=O)c3cccnc3)C2)n1. The molecule has 3 aromatic rings. The Labute approximate surface area is 161 Å². The number of aryl methyl sites for hydroxylation is 1. The molecule has 1 unspecified atom stereocenters. The molecule has 1 atom stereocenters.